The Morgan fingerprint density at radius 1 is 1.36 bits per heavy atom. The van der Waals surface area contributed by atoms with Crippen LogP contribution < -0.4 is 4.74 Å². The highest BCUT2D eigenvalue weighted by Gasteiger charge is 2.48. The molecule has 0 unspecified atom stereocenters. The summed E-state index contributed by atoms with van der Waals surface area (Å²) in [6, 6.07) is 7.40. The number of carbonyl (C=O) groups excluding carboxylic acids is 1. The highest BCUT2D eigenvalue weighted by atomic mass is 32.2. The predicted octanol–water partition coefficient (Wildman–Crippen LogP) is 0.939. The molecule has 1 aromatic carbocycles. The number of amides is 1. The van der Waals surface area contributed by atoms with Crippen LogP contribution in [0.3, 0.4) is 0 Å². The van der Waals surface area contributed by atoms with Gasteiger partial charge in [0.05, 0.1) is 24.7 Å². The Balaban J connectivity index is 1.87. The third kappa shape index (κ3) is 4.16. The van der Waals surface area contributed by atoms with E-state index in [9.17, 15) is 13.2 Å². The van der Waals surface area contributed by atoms with E-state index in [-0.39, 0.29) is 35.3 Å². The van der Waals surface area contributed by atoms with Crippen molar-refractivity contribution in [3.05, 3.63) is 29.8 Å². The molecule has 0 bridgehead atoms. The third-order valence-corrected chi connectivity index (χ3v) is 7.40. The van der Waals surface area contributed by atoms with Crippen molar-refractivity contribution in [2.75, 3.05) is 32.3 Å². The molecule has 1 amide bonds. The molecule has 0 N–H and O–H groups in total. The molecule has 136 valence electrons. The zero-order valence-electron chi connectivity index (χ0n) is 14.0. The fraction of sp³-hybridized carbons (Fsp3) is 0.500. The summed E-state index contributed by atoms with van der Waals surface area (Å²) >= 11 is 1.36. The Labute approximate surface area is 151 Å². The lowest BCUT2D eigenvalue weighted by Gasteiger charge is -2.24. The Kier molecular flexibility index (Phi) is 5.35. The van der Waals surface area contributed by atoms with Gasteiger partial charge in [-0.05, 0) is 17.7 Å². The maximum Gasteiger partial charge on any atom is 0.274 e. The van der Waals surface area contributed by atoms with Gasteiger partial charge >= 0.3 is 0 Å². The molecule has 0 spiro atoms. The highest BCUT2D eigenvalue weighted by molar-refractivity contribution is 8.15. The maximum absolute atomic E-state index is 12.0. The van der Waals surface area contributed by atoms with Gasteiger partial charge in [0.25, 0.3) is 5.91 Å². The summed E-state index contributed by atoms with van der Waals surface area (Å²) in [6.45, 7) is 0.380. The van der Waals surface area contributed by atoms with Crippen LogP contribution in [0.4, 0.5) is 0 Å². The fourth-order valence-electron chi connectivity index (χ4n) is 3.05. The Hall–Kier alpha value is -1.58. The van der Waals surface area contributed by atoms with E-state index in [1.807, 2.05) is 29.2 Å². The zero-order chi connectivity index (χ0) is 18.0. The van der Waals surface area contributed by atoms with Crippen LogP contribution in [0.2, 0.25) is 0 Å². The van der Waals surface area contributed by atoms with Crippen molar-refractivity contribution >= 4 is 32.7 Å². The monoisotopic (exact) mass is 384 g/mol. The fourth-order valence-corrected chi connectivity index (χ4v) is 7.02. The van der Waals surface area contributed by atoms with Crippen LogP contribution in [0.25, 0.3) is 0 Å². The second-order valence-electron chi connectivity index (χ2n) is 6.00. The van der Waals surface area contributed by atoms with Crippen molar-refractivity contribution in [1.29, 1.82) is 0 Å². The second-order valence-corrected chi connectivity index (χ2v) is 9.36. The van der Waals surface area contributed by atoms with Crippen molar-refractivity contribution in [3.8, 4) is 5.75 Å². The minimum absolute atomic E-state index is 0.0894. The van der Waals surface area contributed by atoms with E-state index in [0.29, 0.717) is 11.7 Å². The number of aliphatic imine (C=N–C) groups is 1. The topological polar surface area (TPSA) is 85.3 Å². The molecule has 2 atom stereocenters. The standard InChI is InChI=1S/C16H20N2O5S2/c1-22-8-15(19)17-16-18(7-11-4-3-5-12(6-11)23-2)13-9-25(20,21)10-14(13)24-16/h3-6,13-14H,7-10H2,1-2H3/t13-,14-/m0/s1. The molecular weight excluding hydrogens is 364 g/mol. The molecule has 0 radical (unpaired) electrons. The van der Waals surface area contributed by atoms with Crippen LogP contribution >= 0.6 is 11.8 Å². The van der Waals surface area contributed by atoms with Gasteiger partial charge in [-0.25, -0.2) is 8.42 Å². The summed E-state index contributed by atoms with van der Waals surface area (Å²) in [7, 11) is -0.0199. The van der Waals surface area contributed by atoms with Gasteiger partial charge in [-0.1, -0.05) is 23.9 Å². The molecule has 0 aromatic heterocycles. The zero-order valence-corrected chi connectivity index (χ0v) is 15.7. The first-order valence-corrected chi connectivity index (χ1v) is 10.5. The molecule has 1 aromatic rings. The number of nitrogens with zero attached hydrogens (tertiary/aromatic N) is 2. The van der Waals surface area contributed by atoms with E-state index in [0.717, 1.165) is 11.3 Å². The molecule has 3 rings (SSSR count). The number of hydrogen-bond acceptors (Lipinski definition) is 6. The molecule has 0 aliphatic carbocycles. The number of fused-ring (bicyclic) bond motifs is 1. The lowest BCUT2D eigenvalue weighted by atomic mass is 10.1. The Bertz CT molecular complexity index is 793. The molecule has 9 heteroatoms. The first kappa shape index (κ1) is 18.2. The minimum Gasteiger partial charge on any atom is -0.497 e. The molecule has 2 fully saturated rings. The van der Waals surface area contributed by atoms with Crippen LogP contribution in [0.5, 0.6) is 5.75 Å². The lowest BCUT2D eigenvalue weighted by molar-refractivity contribution is -0.121. The average Bonchev–Trinajstić information content (AvgIpc) is 3.01. The van der Waals surface area contributed by atoms with Gasteiger partial charge in [-0.15, -0.1) is 0 Å². The lowest BCUT2D eigenvalue weighted by Crippen LogP contribution is -2.37. The van der Waals surface area contributed by atoms with Gasteiger partial charge in [-0.2, -0.15) is 4.99 Å². The first-order chi connectivity index (χ1) is 11.9. The van der Waals surface area contributed by atoms with Gasteiger partial charge < -0.3 is 14.4 Å². The van der Waals surface area contributed by atoms with E-state index in [4.69, 9.17) is 9.47 Å². The van der Waals surface area contributed by atoms with Gasteiger partial charge in [0.2, 0.25) is 0 Å². The van der Waals surface area contributed by atoms with Crippen molar-refractivity contribution < 1.29 is 22.7 Å². The number of methoxy groups -OCH3 is 2. The van der Waals surface area contributed by atoms with Gasteiger partial charge in [0.15, 0.2) is 15.0 Å². The van der Waals surface area contributed by atoms with Gasteiger partial charge in [0.1, 0.15) is 12.4 Å². The number of sulfone groups is 1. The van der Waals surface area contributed by atoms with E-state index < -0.39 is 9.84 Å². The van der Waals surface area contributed by atoms with Crippen LogP contribution in [0.15, 0.2) is 29.3 Å². The van der Waals surface area contributed by atoms with Crippen LogP contribution in [0, 0.1) is 0 Å². The molecule has 2 heterocycles. The third-order valence-electron chi connectivity index (χ3n) is 4.15. The SMILES string of the molecule is COCC(=O)N=C1S[C@H]2CS(=O)(=O)C[C@@H]2N1Cc1cccc(OC)c1. The number of ether oxygens (including phenoxy) is 2. The molecule has 25 heavy (non-hydrogen) atoms. The minimum atomic E-state index is -3.06. The maximum atomic E-state index is 12.0. The number of rotatable bonds is 5. The number of amidine groups is 1. The van der Waals surface area contributed by atoms with E-state index >= 15 is 0 Å². The summed E-state index contributed by atoms with van der Waals surface area (Å²) in [6.07, 6.45) is 0. The smallest absolute Gasteiger partial charge is 0.274 e. The quantitative estimate of drug-likeness (QED) is 0.747. The number of thioether (sulfide) groups is 1. The summed E-state index contributed by atoms with van der Waals surface area (Å²) in [5, 5.41) is 0.472. The summed E-state index contributed by atoms with van der Waals surface area (Å²) in [5.41, 5.74) is 0.969. The number of carbonyl (C=O) groups is 1. The van der Waals surface area contributed by atoms with Crippen molar-refractivity contribution in [2.45, 2.75) is 17.8 Å². The van der Waals surface area contributed by atoms with E-state index in [1.54, 1.807) is 7.11 Å². The van der Waals surface area contributed by atoms with Crippen LogP contribution in [-0.2, 0) is 25.9 Å². The molecule has 7 nitrogen and oxygen atoms in total. The number of hydrogen-bond donors (Lipinski definition) is 0. The van der Waals surface area contributed by atoms with Crippen molar-refractivity contribution in [2.24, 2.45) is 4.99 Å². The van der Waals surface area contributed by atoms with E-state index in [2.05, 4.69) is 4.99 Å². The summed E-state index contributed by atoms with van der Waals surface area (Å²) in [4.78, 5) is 17.9. The normalized spacial score (nSPS) is 26.0. The van der Waals surface area contributed by atoms with Crippen molar-refractivity contribution in [1.82, 2.24) is 4.90 Å². The van der Waals surface area contributed by atoms with Crippen LogP contribution in [0.1, 0.15) is 5.56 Å². The Morgan fingerprint density at radius 2 is 2.16 bits per heavy atom. The molecule has 0 saturated carbocycles. The second kappa shape index (κ2) is 7.35. The van der Waals surface area contributed by atoms with Gasteiger partial charge in [0, 0.05) is 18.9 Å². The molecule has 2 aliphatic rings. The highest BCUT2D eigenvalue weighted by Crippen LogP contribution is 2.39. The van der Waals surface area contributed by atoms with E-state index in [1.165, 1.54) is 18.9 Å². The average molecular weight is 384 g/mol. The molecule has 2 aliphatic heterocycles. The van der Waals surface area contributed by atoms with Gasteiger partial charge in [-0.3, -0.25) is 4.79 Å². The molecule has 2 saturated heterocycles. The first-order valence-electron chi connectivity index (χ1n) is 7.79. The predicted molar refractivity (Wildman–Crippen MR) is 96.7 cm³/mol. The Morgan fingerprint density at radius 3 is 2.88 bits per heavy atom. The molecular formula is C16H20N2O5S2. The largest absolute Gasteiger partial charge is 0.497 e. The number of benzene rings is 1. The summed E-state index contributed by atoms with van der Waals surface area (Å²) in [5.74, 6) is 0.568. The van der Waals surface area contributed by atoms with Crippen molar-refractivity contribution in [3.63, 3.8) is 0 Å². The van der Waals surface area contributed by atoms with Crippen LogP contribution in [-0.4, -0.2) is 68.0 Å². The summed E-state index contributed by atoms with van der Waals surface area (Å²) < 4.78 is 34.0.